The van der Waals surface area contributed by atoms with Crippen LogP contribution >= 0.6 is 0 Å². The molecule has 0 aromatic heterocycles. The number of hydrogen-bond acceptors (Lipinski definition) is 3. The van der Waals surface area contributed by atoms with Gasteiger partial charge in [-0.2, -0.15) is 0 Å². The molecule has 3 nitrogen and oxygen atoms in total. The molecule has 0 bridgehead atoms. The molecule has 0 fully saturated rings. The number of benzene rings is 1. The van der Waals surface area contributed by atoms with Gasteiger partial charge in [0.15, 0.2) is 5.76 Å². The van der Waals surface area contributed by atoms with Gasteiger partial charge in [-0.1, -0.05) is 35.5 Å². The van der Waals surface area contributed by atoms with Crippen molar-refractivity contribution in [3.05, 3.63) is 42.1 Å². The van der Waals surface area contributed by atoms with E-state index in [4.69, 9.17) is 4.84 Å². The van der Waals surface area contributed by atoms with Crippen molar-refractivity contribution in [2.75, 3.05) is 7.05 Å². The summed E-state index contributed by atoms with van der Waals surface area (Å²) >= 11 is 0. The van der Waals surface area contributed by atoms with E-state index < -0.39 is 0 Å². The Morgan fingerprint density at radius 2 is 2.00 bits per heavy atom. The minimum absolute atomic E-state index is 0.845. The van der Waals surface area contributed by atoms with Gasteiger partial charge in [0, 0.05) is 12.6 Å². The summed E-state index contributed by atoms with van der Waals surface area (Å²) in [6.07, 6.45) is 1.83. The maximum atomic E-state index is 5.33. The van der Waals surface area contributed by atoms with Crippen LogP contribution in [0.1, 0.15) is 5.56 Å². The van der Waals surface area contributed by atoms with E-state index in [0.29, 0.717) is 0 Å². The molecular formula is C9H10N2O. The second kappa shape index (κ2) is 2.87. The smallest absolute Gasteiger partial charge is 0.174 e. The Balaban J connectivity index is 2.22. The summed E-state index contributed by atoms with van der Waals surface area (Å²) in [5.41, 5.74) is 4.00. The highest BCUT2D eigenvalue weighted by atomic mass is 16.7. The average Bonchev–Trinajstić information content (AvgIpc) is 2.54. The first-order chi connectivity index (χ1) is 5.86. The van der Waals surface area contributed by atoms with Crippen molar-refractivity contribution in [3.8, 4) is 0 Å². The topological polar surface area (TPSA) is 24.5 Å². The van der Waals surface area contributed by atoms with Crippen molar-refractivity contribution in [1.82, 2.24) is 10.6 Å². The maximum absolute atomic E-state index is 5.33. The molecule has 62 valence electrons. The van der Waals surface area contributed by atoms with Crippen molar-refractivity contribution < 1.29 is 4.84 Å². The molecule has 0 saturated carbocycles. The van der Waals surface area contributed by atoms with Crippen molar-refractivity contribution in [1.29, 1.82) is 0 Å². The fourth-order valence-corrected chi connectivity index (χ4v) is 1.09. The highest BCUT2D eigenvalue weighted by Crippen LogP contribution is 2.18. The number of hydrogen-bond donors (Lipinski definition) is 1. The molecule has 0 aliphatic carbocycles. The van der Waals surface area contributed by atoms with Crippen LogP contribution in [0.25, 0.3) is 5.76 Å². The predicted molar refractivity (Wildman–Crippen MR) is 46.4 cm³/mol. The second-order valence-electron chi connectivity index (χ2n) is 2.59. The van der Waals surface area contributed by atoms with E-state index in [2.05, 4.69) is 5.43 Å². The number of hydrazine groups is 1. The van der Waals surface area contributed by atoms with Crippen LogP contribution in [0.5, 0.6) is 0 Å². The molecule has 0 spiro atoms. The van der Waals surface area contributed by atoms with Gasteiger partial charge in [0.2, 0.25) is 0 Å². The van der Waals surface area contributed by atoms with Gasteiger partial charge in [-0.3, -0.25) is 5.43 Å². The third-order valence-corrected chi connectivity index (χ3v) is 1.67. The first-order valence-corrected chi connectivity index (χ1v) is 3.80. The SMILES string of the molecule is CN1NC=C(c2ccccc2)O1. The quantitative estimate of drug-likeness (QED) is 0.675. The van der Waals surface area contributed by atoms with E-state index in [0.717, 1.165) is 11.3 Å². The van der Waals surface area contributed by atoms with Crippen molar-refractivity contribution in [2.24, 2.45) is 0 Å². The summed E-state index contributed by atoms with van der Waals surface area (Å²) in [5, 5.41) is 1.56. The van der Waals surface area contributed by atoms with E-state index in [1.165, 1.54) is 0 Å². The molecule has 2 rings (SSSR count). The van der Waals surface area contributed by atoms with E-state index in [9.17, 15) is 0 Å². The van der Waals surface area contributed by atoms with Gasteiger partial charge in [-0.15, -0.1) is 0 Å². The lowest BCUT2D eigenvalue weighted by Crippen LogP contribution is -2.22. The van der Waals surface area contributed by atoms with Gasteiger partial charge in [0.25, 0.3) is 0 Å². The molecule has 1 aromatic rings. The summed E-state index contributed by atoms with van der Waals surface area (Å²) in [6, 6.07) is 9.96. The minimum Gasteiger partial charge on any atom is -0.384 e. The van der Waals surface area contributed by atoms with Crippen LogP contribution in [0, 0.1) is 0 Å². The summed E-state index contributed by atoms with van der Waals surface area (Å²) < 4.78 is 0. The molecule has 0 unspecified atom stereocenters. The van der Waals surface area contributed by atoms with E-state index in [-0.39, 0.29) is 0 Å². The molecule has 1 heterocycles. The molecule has 1 aliphatic heterocycles. The molecule has 1 aliphatic rings. The summed E-state index contributed by atoms with van der Waals surface area (Å²) in [4.78, 5) is 5.33. The Bertz CT molecular complexity index is 295. The second-order valence-corrected chi connectivity index (χ2v) is 2.59. The molecule has 0 saturated heterocycles. The Morgan fingerprint density at radius 3 is 2.58 bits per heavy atom. The Morgan fingerprint density at radius 1 is 1.25 bits per heavy atom. The number of rotatable bonds is 1. The predicted octanol–water partition coefficient (Wildman–Crippen LogP) is 1.37. The molecule has 0 atom stereocenters. The highest BCUT2D eigenvalue weighted by Gasteiger charge is 2.11. The van der Waals surface area contributed by atoms with Gasteiger partial charge in [0.1, 0.15) is 0 Å². The zero-order chi connectivity index (χ0) is 8.39. The van der Waals surface area contributed by atoms with Gasteiger partial charge in [0.05, 0.1) is 6.20 Å². The lowest BCUT2D eigenvalue weighted by molar-refractivity contribution is -0.0742. The average molecular weight is 162 g/mol. The Hall–Kier alpha value is -1.48. The summed E-state index contributed by atoms with van der Waals surface area (Å²) in [6.45, 7) is 0. The van der Waals surface area contributed by atoms with E-state index in [1.807, 2.05) is 43.6 Å². The van der Waals surface area contributed by atoms with Crippen LogP contribution in [0.15, 0.2) is 36.5 Å². The van der Waals surface area contributed by atoms with Crippen LogP contribution in [0.2, 0.25) is 0 Å². The van der Waals surface area contributed by atoms with Crippen LogP contribution in [0.3, 0.4) is 0 Å². The standard InChI is InChI=1S/C9H10N2O/c1-11-10-7-9(12-11)8-5-3-2-4-6-8/h2-7,10H,1H3. The molecule has 0 amide bonds. The Kier molecular flexibility index (Phi) is 1.72. The zero-order valence-corrected chi connectivity index (χ0v) is 6.82. The van der Waals surface area contributed by atoms with Crippen LogP contribution in [0.4, 0.5) is 0 Å². The first-order valence-electron chi connectivity index (χ1n) is 3.80. The monoisotopic (exact) mass is 162 g/mol. The number of nitrogens with one attached hydrogen (secondary N) is 1. The van der Waals surface area contributed by atoms with Gasteiger partial charge in [-0.25, -0.2) is 0 Å². The van der Waals surface area contributed by atoms with E-state index in [1.54, 1.807) is 5.17 Å². The van der Waals surface area contributed by atoms with Crippen LogP contribution in [-0.4, -0.2) is 12.2 Å². The van der Waals surface area contributed by atoms with Crippen molar-refractivity contribution >= 4 is 5.76 Å². The van der Waals surface area contributed by atoms with Gasteiger partial charge < -0.3 is 4.84 Å². The summed E-state index contributed by atoms with van der Waals surface area (Å²) in [5.74, 6) is 0.845. The first kappa shape index (κ1) is 7.18. The van der Waals surface area contributed by atoms with Crippen LogP contribution < -0.4 is 5.43 Å². The number of nitrogens with zero attached hydrogens (tertiary/aromatic N) is 1. The molecular weight excluding hydrogens is 152 g/mol. The lowest BCUT2D eigenvalue weighted by atomic mass is 10.2. The third-order valence-electron chi connectivity index (χ3n) is 1.67. The normalized spacial score (nSPS) is 16.6. The summed E-state index contributed by atoms with van der Waals surface area (Å²) in [7, 11) is 1.81. The van der Waals surface area contributed by atoms with Crippen molar-refractivity contribution in [2.45, 2.75) is 0 Å². The maximum Gasteiger partial charge on any atom is 0.174 e. The molecule has 3 heteroatoms. The molecule has 12 heavy (non-hydrogen) atoms. The zero-order valence-electron chi connectivity index (χ0n) is 6.82. The van der Waals surface area contributed by atoms with E-state index >= 15 is 0 Å². The third kappa shape index (κ3) is 1.26. The number of hydroxylamine groups is 1. The molecule has 0 radical (unpaired) electrons. The highest BCUT2D eigenvalue weighted by molar-refractivity contribution is 5.59. The minimum atomic E-state index is 0.845. The van der Waals surface area contributed by atoms with Crippen molar-refractivity contribution in [3.63, 3.8) is 0 Å². The fraction of sp³-hybridized carbons (Fsp3) is 0.111. The molecule has 1 aromatic carbocycles. The molecule has 1 N–H and O–H groups in total. The lowest BCUT2D eigenvalue weighted by Gasteiger charge is -2.08. The largest absolute Gasteiger partial charge is 0.384 e. The van der Waals surface area contributed by atoms with Gasteiger partial charge in [-0.05, 0) is 0 Å². The Labute approximate surface area is 71.2 Å². The van der Waals surface area contributed by atoms with Crippen LogP contribution in [-0.2, 0) is 4.84 Å². The van der Waals surface area contributed by atoms with Gasteiger partial charge >= 0.3 is 0 Å². The fourth-order valence-electron chi connectivity index (χ4n) is 1.09.